The Morgan fingerprint density at radius 1 is 0.848 bits per heavy atom. The number of nitrogens with zero attached hydrogens (tertiary/aromatic N) is 2. The fourth-order valence-electron chi connectivity index (χ4n) is 5.26. The summed E-state index contributed by atoms with van der Waals surface area (Å²) in [5.74, 6) is -0.503. The number of allylic oxidation sites excluding steroid dienone is 2. The molecule has 6 N–H and O–H groups in total. The number of aromatic amines is 2. The van der Waals surface area contributed by atoms with Crippen LogP contribution in [-0.4, -0.2) is 51.1 Å². The van der Waals surface area contributed by atoms with Crippen molar-refractivity contribution in [2.75, 3.05) is 18.9 Å². The first kappa shape index (κ1) is 39.0. The summed E-state index contributed by atoms with van der Waals surface area (Å²) >= 11 is 0. The number of hydrogen-bond donors (Lipinski definition) is 4. The molecule has 2 atom stereocenters. The zero-order valence-electron chi connectivity index (χ0n) is 28.6. The van der Waals surface area contributed by atoms with E-state index in [1.165, 1.54) is 77.0 Å². The van der Waals surface area contributed by atoms with Gasteiger partial charge >= 0.3 is 11.9 Å². The zero-order valence-corrected chi connectivity index (χ0v) is 28.6. The molecule has 0 aromatic carbocycles. The molecule has 11 heteroatoms. The van der Waals surface area contributed by atoms with Crippen molar-refractivity contribution in [3.63, 3.8) is 0 Å². The maximum atomic E-state index is 12.4. The third-order valence-electron chi connectivity index (χ3n) is 8.29. The molecule has 2 heterocycles. The molecule has 0 bridgehead atoms. The van der Waals surface area contributed by atoms with E-state index in [4.69, 9.17) is 20.9 Å². The maximum Gasteiger partial charge on any atom is 0.323 e. The molecular formula is C35H60N6O5. The minimum Gasteiger partial charge on any atom is -0.466 e. The van der Waals surface area contributed by atoms with Crippen LogP contribution in [0, 0.1) is 11.8 Å². The molecule has 0 aliphatic rings. The summed E-state index contributed by atoms with van der Waals surface area (Å²) in [5, 5.41) is 0. The second-order valence-corrected chi connectivity index (χ2v) is 12.9. The number of H-pyrrole nitrogens is 2. The van der Waals surface area contributed by atoms with Crippen LogP contribution in [0.1, 0.15) is 136 Å². The van der Waals surface area contributed by atoms with E-state index in [1.807, 2.05) is 13.8 Å². The molecule has 2 rings (SSSR count). The van der Waals surface area contributed by atoms with Crippen LogP contribution < -0.4 is 17.0 Å². The van der Waals surface area contributed by atoms with Gasteiger partial charge in [-0.05, 0) is 44.4 Å². The molecule has 11 nitrogen and oxygen atoms in total. The third kappa shape index (κ3) is 16.4. The quantitative estimate of drug-likeness (QED) is 0.0494. The summed E-state index contributed by atoms with van der Waals surface area (Å²) in [5.41, 5.74) is 11.6. The Kier molecular flexibility index (Phi) is 19.6. The van der Waals surface area contributed by atoms with E-state index in [2.05, 4.69) is 39.0 Å². The molecule has 46 heavy (non-hydrogen) atoms. The predicted molar refractivity (Wildman–Crippen MR) is 184 cm³/mol. The Hall–Kier alpha value is -3.21. The standard InChI is InChI=1S/C35H60N6O5/c1-4-5-6-7-8-9-10-11-12-13-14-15-16-17-18-19-20-21-29(42)45-23-22-27(25-46-34(44)30(36)26(2)3)24-28-38-31-32(39-28)40-35(37)41-33(31)43/h11-12,26-27,30H,4-10,13-25,36H2,1-3H3,(H4,37,38,39,40,41,43)/t27?,30-/m0/s1. The number of esters is 2. The van der Waals surface area contributed by atoms with Crippen molar-refractivity contribution in [3.8, 4) is 0 Å². The van der Waals surface area contributed by atoms with Crippen LogP contribution >= 0.6 is 0 Å². The minimum absolute atomic E-state index is 0.0205. The largest absolute Gasteiger partial charge is 0.466 e. The lowest BCUT2D eigenvalue weighted by Crippen LogP contribution is -2.38. The van der Waals surface area contributed by atoms with Crippen LogP contribution in [0.2, 0.25) is 0 Å². The predicted octanol–water partition coefficient (Wildman–Crippen LogP) is 6.66. The van der Waals surface area contributed by atoms with Gasteiger partial charge in [0, 0.05) is 18.8 Å². The SMILES string of the molecule is CCCCCCCCC=CCCCCCCCCCC(=O)OCCC(COC(=O)[C@@H](N)C(C)C)Cc1nc2nc(N)[nH]c(=O)c2[nH]1. The Morgan fingerprint density at radius 3 is 2.09 bits per heavy atom. The van der Waals surface area contributed by atoms with Gasteiger partial charge in [-0.1, -0.05) is 97.1 Å². The number of carbonyl (C=O) groups excluding carboxylic acids is 2. The third-order valence-corrected chi connectivity index (χ3v) is 8.29. The summed E-state index contributed by atoms with van der Waals surface area (Å²) < 4.78 is 11.0. The van der Waals surface area contributed by atoms with Crippen molar-refractivity contribution >= 4 is 29.1 Å². The molecule has 2 aromatic rings. The fraction of sp³-hybridized carbons (Fsp3) is 0.743. The topological polar surface area (TPSA) is 179 Å². The average Bonchev–Trinajstić information content (AvgIpc) is 3.43. The Morgan fingerprint density at radius 2 is 1.46 bits per heavy atom. The number of imidazole rings is 1. The van der Waals surface area contributed by atoms with Gasteiger partial charge in [0.1, 0.15) is 11.9 Å². The zero-order chi connectivity index (χ0) is 33.6. The van der Waals surface area contributed by atoms with E-state index in [0.29, 0.717) is 25.1 Å². The molecule has 0 saturated carbocycles. The van der Waals surface area contributed by atoms with Gasteiger partial charge in [-0.25, -0.2) is 4.98 Å². The van der Waals surface area contributed by atoms with Gasteiger partial charge in [0.15, 0.2) is 11.2 Å². The molecule has 0 aliphatic carbocycles. The summed E-state index contributed by atoms with van der Waals surface area (Å²) in [6, 6.07) is -0.725. The van der Waals surface area contributed by atoms with Crippen molar-refractivity contribution in [2.24, 2.45) is 17.6 Å². The van der Waals surface area contributed by atoms with Gasteiger partial charge in [-0.15, -0.1) is 0 Å². The second kappa shape index (κ2) is 23.2. The summed E-state index contributed by atoms with van der Waals surface area (Å²) in [6.45, 7) is 6.23. The molecule has 0 aliphatic heterocycles. The molecule has 260 valence electrons. The van der Waals surface area contributed by atoms with Crippen LogP contribution in [0.4, 0.5) is 5.95 Å². The highest BCUT2D eigenvalue weighted by Gasteiger charge is 2.22. The molecular weight excluding hydrogens is 584 g/mol. The van der Waals surface area contributed by atoms with Crippen LogP contribution in [0.15, 0.2) is 16.9 Å². The van der Waals surface area contributed by atoms with Crippen molar-refractivity contribution < 1.29 is 19.1 Å². The summed E-state index contributed by atoms with van der Waals surface area (Å²) in [4.78, 5) is 50.7. The number of nitrogens with one attached hydrogen (secondary N) is 2. The first-order valence-electron chi connectivity index (χ1n) is 17.7. The van der Waals surface area contributed by atoms with E-state index in [9.17, 15) is 14.4 Å². The van der Waals surface area contributed by atoms with Crippen molar-refractivity contribution in [1.82, 2.24) is 19.9 Å². The lowest BCUT2D eigenvalue weighted by atomic mass is 10.0. The van der Waals surface area contributed by atoms with Gasteiger partial charge in [-0.3, -0.25) is 19.4 Å². The molecule has 0 saturated heterocycles. The number of hydrogen-bond acceptors (Lipinski definition) is 9. The lowest BCUT2D eigenvalue weighted by molar-refractivity contribution is -0.149. The molecule has 0 spiro atoms. The highest BCUT2D eigenvalue weighted by molar-refractivity contribution is 5.75. The van der Waals surface area contributed by atoms with E-state index < -0.39 is 17.6 Å². The Labute approximate surface area is 275 Å². The fourth-order valence-corrected chi connectivity index (χ4v) is 5.26. The molecule has 0 fully saturated rings. The smallest absolute Gasteiger partial charge is 0.323 e. The summed E-state index contributed by atoms with van der Waals surface area (Å²) in [6.07, 6.45) is 24.4. The molecule has 0 radical (unpaired) electrons. The number of fused-ring (bicyclic) bond motifs is 1. The van der Waals surface area contributed by atoms with Crippen molar-refractivity contribution in [2.45, 2.75) is 142 Å². The summed E-state index contributed by atoms with van der Waals surface area (Å²) in [7, 11) is 0. The van der Waals surface area contributed by atoms with E-state index in [0.717, 1.165) is 19.3 Å². The van der Waals surface area contributed by atoms with Crippen LogP contribution in [0.25, 0.3) is 11.2 Å². The maximum absolute atomic E-state index is 12.4. The monoisotopic (exact) mass is 644 g/mol. The number of carbonyl (C=O) groups is 2. The number of nitrogens with two attached hydrogens (primary N) is 2. The van der Waals surface area contributed by atoms with Gasteiger partial charge in [0.05, 0.1) is 13.2 Å². The Balaban J connectivity index is 1.61. The van der Waals surface area contributed by atoms with Crippen molar-refractivity contribution in [3.05, 3.63) is 28.3 Å². The minimum atomic E-state index is -0.725. The van der Waals surface area contributed by atoms with Gasteiger partial charge < -0.3 is 25.9 Å². The highest BCUT2D eigenvalue weighted by atomic mass is 16.5. The van der Waals surface area contributed by atoms with Crippen LogP contribution in [-0.2, 0) is 25.5 Å². The van der Waals surface area contributed by atoms with Crippen molar-refractivity contribution in [1.29, 1.82) is 0 Å². The molecule has 2 aromatic heterocycles. The van der Waals surface area contributed by atoms with Crippen LogP contribution in [0.3, 0.4) is 0 Å². The van der Waals surface area contributed by atoms with Gasteiger partial charge in [0.2, 0.25) is 5.95 Å². The number of unbranched alkanes of at least 4 members (excludes halogenated alkanes) is 13. The highest BCUT2D eigenvalue weighted by Crippen LogP contribution is 2.16. The first-order chi connectivity index (χ1) is 22.2. The molecule has 1 unspecified atom stereocenters. The number of rotatable bonds is 26. The second-order valence-electron chi connectivity index (χ2n) is 12.9. The van der Waals surface area contributed by atoms with Gasteiger partial charge in [0.25, 0.3) is 5.56 Å². The number of aromatic nitrogens is 4. The first-order valence-corrected chi connectivity index (χ1v) is 17.7. The number of nitrogen functional groups attached to an aromatic ring is 1. The average molecular weight is 645 g/mol. The Bertz CT molecular complexity index is 1220. The lowest BCUT2D eigenvalue weighted by Gasteiger charge is -2.19. The number of anilines is 1. The number of ether oxygens (including phenoxy) is 2. The molecule has 0 amide bonds. The van der Waals surface area contributed by atoms with E-state index >= 15 is 0 Å². The van der Waals surface area contributed by atoms with E-state index in [1.54, 1.807) is 0 Å². The normalized spacial score (nSPS) is 13.1. The van der Waals surface area contributed by atoms with E-state index in [-0.39, 0.29) is 48.1 Å². The van der Waals surface area contributed by atoms with Gasteiger partial charge in [-0.2, -0.15) is 4.98 Å². The van der Waals surface area contributed by atoms with Crippen LogP contribution in [0.5, 0.6) is 0 Å².